The quantitative estimate of drug-likeness (QED) is 0.831. The SMILES string of the molecule is CCc1cccc(C)c1N(C(=O)COC)N1CCOC1=O. The number of anilines is 1. The van der Waals surface area contributed by atoms with E-state index in [2.05, 4.69) is 0 Å². The molecule has 1 aromatic rings. The Kier molecular flexibility index (Phi) is 4.80. The minimum absolute atomic E-state index is 0.0960. The highest BCUT2D eigenvalue weighted by Gasteiger charge is 2.34. The van der Waals surface area contributed by atoms with Crippen molar-refractivity contribution >= 4 is 17.7 Å². The first-order valence-electron chi connectivity index (χ1n) is 6.94. The molecule has 0 N–H and O–H groups in total. The molecule has 0 unspecified atom stereocenters. The summed E-state index contributed by atoms with van der Waals surface area (Å²) in [7, 11) is 1.46. The molecule has 0 saturated carbocycles. The molecule has 0 atom stereocenters. The Bertz CT molecular complexity index is 544. The van der Waals surface area contributed by atoms with Crippen molar-refractivity contribution in [3.05, 3.63) is 29.3 Å². The van der Waals surface area contributed by atoms with Crippen LogP contribution >= 0.6 is 0 Å². The lowest BCUT2D eigenvalue weighted by Crippen LogP contribution is -2.49. The third-order valence-corrected chi connectivity index (χ3v) is 3.40. The summed E-state index contributed by atoms with van der Waals surface area (Å²) >= 11 is 0. The van der Waals surface area contributed by atoms with E-state index in [4.69, 9.17) is 9.47 Å². The van der Waals surface area contributed by atoms with Gasteiger partial charge in [0.1, 0.15) is 13.2 Å². The second-order valence-corrected chi connectivity index (χ2v) is 4.81. The van der Waals surface area contributed by atoms with Gasteiger partial charge in [-0.1, -0.05) is 25.1 Å². The van der Waals surface area contributed by atoms with Crippen LogP contribution in [0.5, 0.6) is 0 Å². The zero-order valence-electron chi connectivity index (χ0n) is 12.6. The number of para-hydroxylation sites is 1. The van der Waals surface area contributed by atoms with E-state index in [0.29, 0.717) is 6.54 Å². The first kappa shape index (κ1) is 15.3. The van der Waals surface area contributed by atoms with Crippen LogP contribution in [0.2, 0.25) is 0 Å². The molecule has 2 amide bonds. The molecule has 114 valence electrons. The van der Waals surface area contributed by atoms with E-state index in [1.54, 1.807) is 0 Å². The summed E-state index contributed by atoms with van der Waals surface area (Å²) in [6.45, 7) is 4.47. The summed E-state index contributed by atoms with van der Waals surface area (Å²) in [5, 5.41) is 2.73. The van der Waals surface area contributed by atoms with Crippen molar-refractivity contribution in [2.75, 3.05) is 31.9 Å². The normalized spacial score (nSPS) is 14.2. The number of hydrazine groups is 1. The van der Waals surface area contributed by atoms with Gasteiger partial charge in [-0.15, -0.1) is 0 Å². The van der Waals surface area contributed by atoms with Crippen LogP contribution in [-0.2, 0) is 20.7 Å². The molecule has 1 aromatic carbocycles. The molecule has 0 radical (unpaired) electrons. The van der Waals surface area contributed by atoms with E-state index in [0.717, 1.165) is 23.2 Å². The molecule has 1 aliphatic heterocycles. The molecule has 1 saturated heterocycles. The standard InChI is InChI=1S/C15H20N2O4/c1-4-12-7-5-6-11(2)14(12)17(13(18)10-20-3)16-8-9-21-15(16)19/h5-7H,4,8-10H2,1-3H3. The van der Waals surface area contributed by atoms with Crippen molar-refractivity contribution in [2.24, 2.45) is 0 Å². The predicted molar refractivity (Wildman–Crippen MR) is 78.0 cm³/mol. The lowest BCUT2D eigenvalue weighted by molar-refractivity contribution is -0.124. The first-order chi connectivity index (χ1) is 10.1. The van der Waals surface area contributed by atoms with Gasteiger partial charge < -0.3 is 9.47 Å². The molecule has 0 aromatic heterocycles. The van der Waals surface area contributed by atoms with Crippen molar-refractivity contribution in [1.82, 2.24) is 5.01 Å². The number of methoxy groups -OCH3 is 1. The Morgan fingerprint density at radius 1 is 1.48 bits per heavy atom. The Hall–Kier alpha value is -2.08. The third kappa shape index (κ3) is 3.00. The Labute approximate surface area is 124 Å². The topological polar surface area (TPSA) is 59.1 Å². The minimum Gasteiger partial charge on any atom is -0.446 e. The van der Waals surface area contributed by atoms with Crippen LogP contribution in [0, 0.1) is 6.92 Å². The highest BCUT2D eigenvalue weighted by molar-refractivity contribution is 5.97. The number of cyclic esters (lactones) is 1. The number of amides is 2. The van der Waals surface area contributed by atoms with Gasteiger partial charge in [0, 0.05) is 7.11 Å². The molecule has 6 heteroatoms. The fourth-order valence-corrected chi connectivity index (χ4v) is 2.44. The van der Waals surface area contributed by atoms with E-state index in [-0.39, 0.29) is 19.1 Å². The molecule has 1 aliphatic rings. The molecule has 0 aliphatic carbocycles. The molecule has 1 fully saturated rings. The van der Waals surface area contributed by atoms with Gasteiger partial charge in [0.2, 0.25) is 0 Å². The van der Waals surface area contributed by atoms with Crippen LogP contribution in [0.3, 0.4) is 0 Å². The average molecular weight is 292 g/mol. The molecule has 21 heavy (non-hydrogen) atoms. The van der Waals surface area contributed by atoms with Crippen molar-refractivity contribution in [2.45, 2.75) is 20.3 Å². The highest BCUT2D eigenvalue weighted by atomic mass is 16.6. The van der Waals surface area contributed by atoms with Gasteiger partial charge in [0.15, 0.2) is 0 Å². The Balaban J connectivity index is 2.49. The summed E-state index contributed by atoms with van der Waals surface area (Å²) in [6.07, 6.45) is 0.251. The molecule has 0 spiro atoms. The van der Waals surface area contributed by atoms with Crippen molar-refractivity contribution in [1.29, 1.82) is 0 Å². The Morgan fingerprint density at radius 2 is 2.24 bits per heavy atom. The number of rotatable bonds is 5. The summed E-state index contributed by atoms with van der Waals surface area (Å²) in [4.78, 5) is 24.3. The van der Waals surface area contributed by atoms with Crippen LogP contribution in [0.1, 0.15) is 18.1 Å². The van der Waals surface area contributed by atoms with E-state index < -0.39 is 6.09 Å². The molecule has 2 rings (SSSR count). The fourth-order valence-electron chi connectivity index (χ4n) is 2.44. The van der Waals surface area contributed by atoms with E-state index in [1.807, 2.05) is 32.0 Å². The number of benzene rings is 1. The van der Waals surface area contributed by atoms with Gasteiger partial charge in [-0.05, 0) is 24.5 Å². The number of nitrogens with zero attached hydrogens (tertiary/aromatic N) is 2. The van der Waals surface area contributed by atoms with E-state index >= 15 is 0 Å². The van der Waals surface area contributed by atoms with Gasteiger partial charge in [-0.2, -0.15) is 0 Å². The van der Waals surface area contributed by atoms with Crippen LogP contribution in [0.4, 0.5) is 10.5 Å². The van der Waals surface area contributed by atoms with Crippen LogP contribution in [0.25, 0.3) is 0 Å². The maximum atomic E-state index is 12.4. The number of ether oxygens (including phenoxy) is 2. The van der Waals surface area contributed by atoms with Gasteiger partial charge in [-0.3, -0.25) is 4.79 Å². The predicted octanol–water partition coefficient (Wildman–Crippen LogP) is 1.90. The fraction of sp³-hybridized carbons (Fsp3) is 0.467. The van der Waals surface area contributed by atoms with Crippen molar-refractivity contribution < 1.29 is 19.1 Å². The number of hydrogen-bond acceptors (Lipinski definition) is 4. The van der Waals surface area contributed by atoms with E-state index in [1.165, 1.54) is 17.1 Å². The number of carbonyl (C=O) groups is 2. The molecule has 1 heterocycles. The monoisotopic (exact) mass is 292 g/mol. The average Bonchev–Trinajstić information content (AvgIpc) is 2.87. The lowest BCUT2D eigenvalue weighted by atomic mass is 10.1. The largest absolute Gasteiger partial charge is 0.446 e. The van der Waals surface area contributed by atoms with Gasteiger partial charge in [0.05, 0.1) is 12.2 Å². The number of carbonyl (C=O) groups excluding carboxylic acids is 2. The summed E-state index contributed by atoms with van der Waals surface area (Å²) in [5.41, 5.74) is 2.67. The Morgan fingerprint density at radius 3 is 2.81 bits per heavy atom. The summed E-state index contributed by atoms with van der Waals surface area (Å²) < 4.78 is 9.91. The molecular weight excluding hydrogens is 272 g/mol. The maximum Gasteiger partial charge on any atom is 0.429 e. The maximum absolute atomic E-state index is 12.4. The zero-order chi connectivity index (χ0) is 15.4. The first-order valence-corrected chi connectivity index (χ1v) is 6.94. The second kappa shape index (κ2) is 6.58. The van der Waals surface area contributed by atoms with Gasteiger partial charge >= 0.3 is 6.09 Å². The van der Waals surface area contributed by atoms with Crippen LogP contribution < -0.4 is 5.01 Å². The third-order valence-electron chi connectivity index (χ3n) is 3.40. The van der Waals surface area contributed by atoms with Crippen LogP contribution in [0.15, 0.2) is 18.2 Å². The second-order valence-electron chi connectivity index (χ2n) is 4.81. The van der Waals surface area contributed by atoms with Crippen molar-refractivity contribution in [3.63, 3.8) is 0 Å². The zero-order valence-corrected chi connectivity index (χ0v) is 12.6. The molecule has 6 nitrogen and oxygen atoms in total. The summed E-state index contributed by atoms with van der Waals surface area (Å²) in [5.74, 6) is -0.291. The smallest absolute Gasteiger partial charge is 0.429 e. The lowest BCUT2D eigenvalue weighted by Gasteiger charge is -2.32. The number of hydrogen-bond donors (Lipinski definition) is 0. The van der Waals surface area contributed by atoms with Gasteiger partial charge in [0.25, 0.3) is 5.91 Å². The van der Waals surface area contributed by atoms with Gasteiger partial charge in [-0.25, -0.2) is 14.8 Å². The highest BCUT2D eigenvalue weighted by Crippen LogP contribution is 2.28. The number of aryl methyl sites for hydroxylation is 2. The van der Waals surface area contributed by atoms with E-state index in [9.17, 15) is 9.59 Å². The molecular formula is C15H20N2O4. The van der Waals surface area contributed by atoms with Crippen LogP contribution in [-0.4, -0.2) is 43.9 Å². The summed E-state index contributed by atoms with van der Waals surface area (Å²) in [6, 6.07) is 5.82. The minimum atomic E-state index is -0.509. The molecule has 0 bridgehead atoms. The van der Waals surface area contributed by atoms with Crippen molar-refractivity contribution in [3.8, 4) is 0 Å².